The quantitative estimate of drug-likeness (QED) is 0.671. The van der Waals surface area contributed by atoms with Crippen molar-refractivity contribution in [2.75, 3.05) is 0 Å². The molecule has 1 unspecified atom stereocenters. The van der Waals surface area contributed by atoms with Gasteiger partial charge in [-0.1, -0.05) is 29.8 Å². The standard InChI is InChI=1S/C17H18ClN3/c1-11-4-6-14(7-5-11)10-21-16(13(3)18)20-15-8-12(2)9-19-17(15)21/h4-9,13H,10H2,1-3H3. The summed E-state index contributed by atoms with van der Waals surface area (Å²) in [7, 11) is 0. The summed E-state index contributed by atoms with van der Waals surface area (Å²) in [4.78, 5) is 9.19. The summed E-state index contributed by atoms with van der Waals surface area (Å²) in [6, 6.07) is 10.6. The minimum Gasteiger partial charge on any atom is -0.307 e. The molecule has 3 aromatic rings. The second-order valence-electron chi connectivity index (χ2n) is 5.51. The van der Waals surface area contributed by atoms with Gasteiger partial charge in [0.1, 0.15) is 11.3 Å². The van der Waals surface area contributed by atoms with Crippen molar-refractivity contribution in [3.8, 4) is 0 Å². The Kier molecular flexibility index (Phi) is 3.68. The molecule has 0 fully saturated rings. The van der Waals surface area contributed by atoms with Crippen molar-refractivity contribution in [1.29, 1.82) is 0 Å². The highest BCUT2D eigenvalue weighted by molar-refractivity contribution is 6.20. The third kappa shape index (κ3) is 2.79. The Hall–Kier alpha value is -1.87. The average Bonchev–Trinajstić information content (AvgIpc) is 2.79. The summed E-state index contributed by atoms with van der Waals surface area (Å²) < 4.78 is 2.11. The maximum atomic E-state index is 6.30. The molecule has 0 bridgehead atoms. The highest BCUT2D eigenvalue weighted by atomic mass is 35.5. The largest absolute Gasteiger partial charge is 0.307 e. The van der Waals surface area contributed by atoms with Gasteiger partial charge in [-0.15, -0.1) is 11.6 Å². The van der Waals surface area contributed by atoms with E-state index in [2.05, 4.69) is 51.8 Å². The van der Waals surface area contributed by atoms with Crippen LogP contribution in [-0.2, 0) is 6.54 Å². The van der Waals surface area contributed by atoms with Crippen LogP contribution in [0.3, 0.4) is 0 Å². The maximum Gasteiger partial charge on any atom is 0.160 e. The average molecular weight is 300 g/mol. The summed E-state index contributed by atoms with van der Waals surface area (Å²) >= 11 is 6.30. The predicted octanol–water partition coefficient (Wildman–Crippen LogP) is 4.40. The van der Waals surface area contributed by atoms with E-state index >= 15 is 0 Å². The van der Waals surface area contributed by atoms with Crippen LogP contribution in [0.4, 0.5) is 0 Å². The normalized spacial score (nSPS) is 12.8. The minimum atomic E-state index is -0.148. The first kappa shape index (κ1) is 14.1. The van der Waals surface area contributed by atoms with Gasteiger partial charge in [0.15, 0.2) is 5.65 Å². The topological polar surface area (TPSA) is 30.7 Å². The van der Waals surface area contributed by atoms with Crippen LogP contribution in [-0.4, -0.2) is 14.5 Å². The van der Waals surface area contributed by atoms with Crippen LogP contribution in [0.25, 0.3) is 11.2 Å². The molecule has 0 aliphatic carbocycles. The number of hydrogen-bond donors (Lipinski definition) is 0. The van der Waals surface area contributed by atoms with Crippen molar-refractivity contribution in [3.63, 3.8) is 0 Å². The van der Waals surface area contributed by atoms with E-state index in [1.807, 2.05) is 20.0 Å². The number of imidazole rings is 1. The smallest absolute Gasteiger partial charge is 0.160 e. The number of halogens is 1. The van der Waals surface area contributed by atoms with Crippen LogP contribution < -0.4 is 0 Å². The van der Waals surface area contributed by atoms with Gasteiger partial charge in [-0.2, -0.15) is 0 Å². The SMILES string of the molecule is Cc1ccc(Cn2c(C(C)Cl)nc3cc(C)cnc32)cc1. The van der Waals surface area contributed by atoms with Crippen LogP contribution >= 0.6 is 11.6 Å². The Balaban J connectivity index is 2.10. The number of aryl methyl sites for hydroxylation is 2. The second kappa shape index (κ2) is 5.49. The van der Waals surface area contributed by atoms with Crippen molar-refractivity contribution in [3.05, 3.63) is 59.0 Å². The minimum absolute atomic E-state index is 0.148. The van der Waals surface area contributed by atoms with E-state index in [1.165, 1.54) is 11.1 Å². The number of nitrogens with zero attached hydrogens (tertiary/aromatic N) is 3. The van der Waals surface area contributed by atoms with E-state index in [0.29, 0.717) is 0 Å². The van der Waals surface area contributed by atoms with Crippen LogP contribution in [0, 0.1) is 13.8 Å². The van der Waals surface area contributed by atoms with Crippen LogP contribution in [0.1, 0.15) is 34.8 Å². The number of aromatic nitrogens is 3. The Morgan fingerprint density at radius 1 is 1.14 bits per heavy atom. The summed E-state index contributed by atoms with van der Waals surface area (Å²) in [6.45, 7) is 6.79. The molecule has 108 valence electrons. The van der Waals surface area contributed by atoms with Gasteiger partial charge in [0, 0.05) is 6.20 Å². The number of rotatable bonds is 3. The van der Waals surface area contributed by atoms with Gasteiger partial charge >= 0.3 is 0 Å². The first-order valence-corrected chi connectivity index (χ1v) is 7.50. The van der Waals surface area contributed by atoms with Gasteiger partial charge in [0.05, 0.1) is 11.9 Å². The lowest BCUT2D eigenvalue weighted by Crippen LogP contribution is -2.06. The number of alkyl halides is 1. The third-order valence-electron chi connectivity index (χ3n) is 3.57. The van der Waals surface area contributed by atoms with Crippen molar-refractivity contribution in [2.45, 2.75) is 32.7 Å². The van der Waals surface area contributed by atoms with Crippen LogP contribution in [0.2, 0.25) is 0 Å². The molecule has 0 aliphatic heterocycles. The zero-order valence-electron chi connectivity index (χ0n) is 12.5. The molecule has 3 rings (SSSR count). The van der Waals surface area contributed by atoms with Gasteiger partial charge in [-0.05, 0) is 38.0 Å². The first-order chi connectivity index (χ1) is 10.0. The molecule has 0 saturated heterocycles. The van der Waals surface area contributed by atoms with E-state index in [0.717, 1.165) is 29.1 Å². The molecule has 2 aromatic heterocycles. The van der Waals surface area contributed by atoms with Crippen molar-refractivity contribution < 1.29 is 0 Å². The summed E-state index contributed by atoms with van der Waals surface area (Å²) in [5, 5.41) is -0.148. The second-order valence-corrected chi connectivity index (χ2v) is 6.17. The Morgan fingerprint density at radius 2 is 1.86 bits per heavy atom. The number of fused-ring (bicyclic) bond motifs is 1. The summed E-state index contributed by atoms with van der Waals surface area (Å²) in [5.41, 5.74) is 5.39. The van der Waals surface area contributed by atoms with Gasteiger partial charge in [0.25, 0.3) is 0 Å². The van der Waals surface area contributed by atoms with Gasteiger partial charge in [-0.25, -0.2) is 9.97 Å². The zero-order valence-corrected chi connectivity index (χ0v) is 13.2. The summed E-state index contributed by atoms with van der Waals surface area (Å²) in [5.74, 6) is 0.866. The van der Waals surface area contributed by atoms with E-state index in [9.17, 15) is 0 Å². The maximum absolute atomic E-state index is 6.30. The van der Waals surface area contributed by atoms with Crippen molar-refractivity contribution >= 4 is 22.8 Å². The molecular weight excluding hydrogens is 282 g/mol. The van der Waals surface area contributed by atoms with E-state index in [4.69, 9.17) is 11.6 Å². The lowest BCUT2D eigenvalue weighted by atomic mass is 10.1. The lowest BCUT2D eigenvalue weighted by Gasteiger charge is -2.10. The highest BCUT2D eigenvalue weighted by Crippen LogP contribution is 2.25. The van der Waals surface area contributed by atoms with E-state index < -0.39 is 0 Å². The van der Waals surface area contributed by atoms with E-state index in [-0.39, 0.29) is 5.38 Å². The van der Waals surface area contributed by atoms with Gasteiger partial charge in [0.2, 0.25) is 0 Å². The fraction of sp³-hybridized carbons (Fsp3) is 0.294. The predicted molar refractivity (Wildman–Crippen MR) is 86.8 cm³/mol. The molecule has 21 heavy (non-hydrogen) atoms. The Bertz CT molecular complexity index is 773. The monoisotopic (exact) mass is 299 g/mol. The molecule has 1 aromatic carbocycles. The first-order valence-electron chi connectivity index (χ1n) is 7.07. The Labute approximate surface area is 129 Å². The van der Waals surface area contributed by atoms with Gasteiger partial charge in [-0.3, -0.25) is 0 Å². The molecule has 2 heterocycles. The Morgan fingerprint density at radius 3 is 2.52 bits per heavy atom. The molecule has 0 saturated carbocycles. The van der Waals surface area contributed by atoms with Crippen molar-refractivity contribution in [2.24, 2.45) is 0 Å². The third-order valence-corrected chi connectivity index (χ3v) is 3.76. The molecule has 4 heteroatoms. The molecule has 3 nitrogen and oxygen atoms in total. The molecular formula is C17H18ClN3. The number of pyridine rings is 1. The van der Waals surface area contributed by atoms with Crippen LogP contribution in [0.15, 0.2) is 36.5 Å². The number of hydrogen-bond acceptors (Lipinski definition) is 2. The fourth-order valence-electron chi connectivity index (χ4n) is 2.46. The number of benzene rings is 1. The molecule has 0 spiro atoms. The fourth-order valence-corrected chi connectivity index (χ4v) is 2.63. The zero-order chi connectivity index (χ0) is 15.0. The van der Waals surface area contributed by atoms with Gasteiger partial charge < -0.3 is 4.57 Å². The molecule has 0 radical (unpaired) electrons. The highest BCUT2D eigenvalue weighted by Gasteiger charge is 2.16. The van der Waals surface area contributed by atoms with E-state index in [1.54, 1.807) is 0 Å². The molecule has 1 atom stereocenters. The molecule has 0 aliphatic rings. The lowest BCUT2D eigenvalue weighted by molar-refractivity contribution is 0.736. The van der Waals surface area contributed by atoms with Crippen LogP contribution in [0.5, 0.6) is 0 Å². The molecule has 0 amide bonds. The summed E-state index contributed by atoms with van der Waals surface area (Å²) in [6.07, 6.45) is 1.87. The molecule has 0 N–H and O–H groups in total. The van der Waals surface area contributed by atoms with Crippen molar-refractivity contribution in [1.82, 2.24) is 14.5 Å².